The molecule has 146 valence electrons. The third kappa shape index (κ3) is 3.12. The van der Waals surface area contributed by atoms with Crippen molar-refractivity contribution in [3.05, 3.63) is 60.7 Å². The van der Waals surface area contributed by atoms with Gasteiger partial charge in [-0.05, 0) is 44.0 Å². The Morgan fingerprint density at radius 2 is 1.97 bits per heavy atom. The Bertz CT molecular complexity index is 1170. The van der Waals surface area contributed by atoms with Crippen molar-refractivity contribution in [1.82, 2.24) is 29.3 Å². The standard InChI is InChI=1S/C22H21FN6/c1-14-4-3-5-20-27-21(18-7-6-17(23)12-25-18)22(29(14)20)15-8-9-24-19(10-15)16-11-26-28(2)13-16/h6-14H,3-5H2,1-2H3/t14-/m1/s1. The van der Waals surface area contributed by atoms with Gasteiger partial charge in [-0.3, -0.25) is 14.6 Å². The maximum atomic E-state index is 13.5. The molecule has 0 amide bonds. The molecule has 7 heteroatoms. The zero-order valence-electron chi connectivity index (χ0n) is 16.4. The van der Waals surface area contributed by atoms with Gasteiger partial charge in [0.05, 0.1) is 29.5 Å². The Morgan fingerprint density at radius 1 is 1.07 bits per heavy atom. The Kier molecular flexibility index (Phi) is 4.23. The minimum atomic E-state index is -0.351. The van der Waals surface area contributed by atoms with Crippen molar-refractivity contribution in [2.75, 3.05) is 0 Å². The molecule has 29 heavy (non-hydrogen) atoms. The molecule has 6 nitrogen and oxygen atoms in total. The third-order valence-electron chi connectivity index (χ3n) is 5.45. The highest BCUT2D eigenvalue weighted by Gasteiger charge is 2.26. The summed E-state index contributed by atoms with van der Waals surface area (Å²) in [5.41, 5.74) is 5.31. The van der Waals surface area contributed by atoms with Gasteiger partial charge in [-0.25, -0.2) is 9.37 Å². The van der Waals surface area contributed by atoms with Crippen LogP contribution in [0.3, 0.4) is 0 Å². The Balaban J connectivity index is 1.71. The fourth-order valence-electron chi connectivity index (χ4n) is 4.07. The predicted octanol–water partition coefficient (Wildman–Crippen LogP) is 4.44. The SMILES string of the molecule is C[C@@H]1CCCc2nc(-c3ccc(F)cn3)c(-c3ccnc(-c4cnn(C)c4)c3)n21. The molecule has 0 bridgehead atoms. The molecule has 0 saturated heterocycles. The molecule has 0 aromatic carbocycles. The van der Waals surface area contributed by atoms with E-state index in [1.54, 1.807) is 10.7 Å². The number of rotatable bonds is 3. The second-order valence-corrected chi connectivity index (χ2v) is 7.53. The number of aromatic nitrogens is 6. The lowest BCUT2D eigenvalue weighted by molar-refractivity contribution is 0.429. The summed E-state index contributed by atoms with van der Waals surface area (Å²) in [6, 6.07) is 7.53. The van der Waals surface area contributed by atoms with E-state index < -0.39 is 0 Å². The van der Waals surface area contributed by atoms with Crippen LogP contribution in [0.2, 0.25) is 0 Å². The van der Waals surface area contributed by atoms with Crippen LogP contribution in [0.4, 0.5) is 4.39 Å². The molecule has 5 rings (SSSR count). The van der Waals surface area contributed by atoms with Gasteiger partial charge < -0.3 is 4.57 Å². The fraction of sp³-hybridized carbons (Fsp3) is 0.273. The highest BCUT2D eigenvalue weighted by molar-refractivity contribution is 5.79. The molecule has 0 unspecified atom stereocenters. The van der Waals surface area contributed by atoms with Crippen LogP contribution in [0, 0.1) is 5.82 Å². The first-order valence-corrected chi connectivity index (χ1v) is 9.78. The zero-order chi connectivity index (χ0) is 20.0. The molecule has 0 spiro atoms. The van der Waals surface area contributed by atoms with Gasteiger partial charge in [0, 0.05) is 43.0 Å². The Morgan fingerprint density at radius 3 is 2.72 bits per heavy atom. The van der Waals surface area contributed by atoms with E-state index in [0.717, 1.165) is 53.3 Å². The smallest absolute Gasteiger partial charge is 0.141 e. The van der Waals surface area contributed by atoms with Crippen LogP contribution in [-0.2, 0) is 13.5 Å². The molecule has 0 aliphatic carbocycles. The van der Waals surface area contributed by atoms with Crippen molar-refractivity contribution < 1.29 is 4.39 Å². The lowest BCUT2D eigenvalue weighted by atomic mass is 10.0. The third-order valence-corrected chi connectivity index (χ3v) is 5.45. The summed E-state index contributed by atoms with van der Waals surface area (Å²) < 4.78 is 17.5. The van der Waals surface area contributed by atoms with Gasteiger partial charge in [0.15, 0.2) is 0 Å². The molecule has 0 saturated carbocycles. The molecule has 0 N–H and O–H groups in total. The first-order valence-electron chi connectivity index (χ1n) is 9.78. The van der Waals surface area contributed by atoms with E-state index in [2.05, 4.69) is 32.6 Å². The number of fused-ring (bicyclic) bond motifs is 1. The van der Waals surface area contributed by atoms with Crippen LogP contribution < -0.4 is 0 Å². The lowest BCUT2D eigenvalue weighted by Crippen LogP contribution is -2.16. The van der Waals surface area contributed by atoms with Crippen LogP contribution in [-0.4, -0.2) is 29.3 Å². The largest absolute Gasteiger partial charge is 0.325 e. The van der Waals surface area contributed by atoms with E-state index in [1.807, 2.05) is 31.7 Å². The highest BCUT2D eigenvalue weighted by Crippen LogP contribution is 2.38. The number of hydrogen-bond donors (Lipinski definition) is 0. The average Bonchev–Trinajstić information content (AvgIpc) is 3.33. The van der Waals surface area contributed by atoms with E-state index in [4.69, 9.17) is 4.98 Å². The van der Waals surface area contributed by atoms with Gasteiger partial charge in [-0.15, -0.1) is 0 Å². The topological polar surface area (TPSA) is 61.4 Å². The molecule has 1 aliphatic heterocycles. The van der Waals surface area contributed by atoms with Gasteiger partial charge in [0.1, 0.15) is 17.3 Å². The van der Waals surface area contributed by atoms with Gasteiger partial charge in [0.2, 0.25) is 0 Å². The second-order valence-electron chi connectivity index (χ2n) is 7.53. The number of pyridine rings is 2. The minimum Gasteiger partial charge on any atom is -0.325 e. The van der Waals surface area contributed by atoms with Crippen molar-refractivity contribution >= 4 is 0 Å². The summed E-state index contributed by atoms with van der Waals surface area (Å²) >= 11 is 0. The second kappa shape index (κ2) is 6.92. The van der Waals surface area contributed by atoms with E-state index in [1.165, 1.54) is 12.3 Å². The summed E-state index contributed by atoms with van der Waals surface area (Å²) in [6.45, 7) is 2.22. The molecule has 0 radical (unpaired) electrons. The van der Waals surface area contributed by atoms with Crippen molar-refractivity contribution in [1.29, 1.82) is 0 Å². The molecule has 4 aromatic heterocycles. The minimum absolute atomic E-state index is 0.338. The van der Waals surface area contributed by atoms with E-state index in [-0.39, 0.29) is 5.82 Å². The summed E-state index contributed by atoms with van der Waals surface area (Å²) in [4.78, 5) is 13.8. The maximum absolute atomic E-state index is 13.5. The molecule has 0 fully saturated rings. The normalized spacial score (nSPS) is 16.0. The number of hydrogen-bond acceptors (Lipinski definition) is 4. The molecule has 1 atom stereocenters. The van der Waals surface area contributed by atoms with Crippen molar-refractivity contribution in [2.24, 2.45) is 7.05 Å². The van der Waals surface area contributed by atoms with Gasteiger partial charge in [-0.1, -0.05) is 0 Å². The van der Waals surface area contributed by atoms with Crippen molar-refractivity contribution in [3.63, 3.8) is 0 Å². The summed E-state index contributed by atoms with van der Waals surface area (Å²) in [6.07, 6.45) is 9.96. The first kappa shape index (κ1) is 17.7. The molecule has 1 aliphatic rings. The van der Waals surface area contributed by atoms with E-state index >= 15 is 0 Å². The Labute approximate surface area is 168 Å². The van der Waals surface area contributed by atoms with Crippen LogP contribution in [0.15, 0.2) is 49.1 Å². The number of aryl methyl sites for hydroxylation is 2. The zero-order valence-corrected chi connectivity index (χ0v) is 16.4. The number of nitrogens with zero attached hydrogens (tertiary/aromatic N) is 6. The predicted molar refractivity (Wildman–Crippen MR) is 108 cm³/mol. The monoisotopic (exact) mass is 388 g/mol. The summed E-state index contributed by atoms with van der Waals surface area (Å²) in [5, 5.41) is 4.25. The van der Waals surface area contributed by atoms with Crippen molar-refractivity contribution in [3.8, 4) is 33.9 Å². The van der Waals surface area contributed by atoms with Gasteiger partial charge in [-0.2, -0.15) is 5.10 Å². The fourth-order valence-corrected chi connectivity index (χ4v) is 4.07. The van der Waals surface area contributed by atoms with Gasteiger partial charge >= 0.3 is 0 Å². The Hall–Kier alpha value is -3.35. The number of imidazole rings is 1. The number of halogens is 1. The van der Waals surface area contributed by atoms with Crippen LogP contribution in [0.1, 0.15) is 31.6 Å². The van der Waals surface area contributed by atoms with Crippen molar-refractivity contribution in [2.45, 2.75) is 32.2 Å². The molecular formula is C22H21FN6. The lowest BCUT2D eigenvalue weighted by Gasteiger charge is -2.24. The van der Waals surface area contributed by atoms with Gasteiger partial charge in [0.25, 0.3) is 0 Å². The van der Waals surface area contributed by atoms with Crippen LogP contribution >= 0.6 is 0 Å². The molecular weight excluding hydrogens is 367 g/mol. The summed E-state index contributed by atoms with van der Waals surface area (Å²) in [5.74, 6) is 0.704. The van der Waals surface area contributed by atoms with E-state index in [0.29, 0.717) is 11.7 Å². The van der Waals surface area contributed by atoms with Crippen LogP contribution in [0.25, 0.3) is 33.9 Å². The molecule has 4 aromatic rings. The molecule has 5 heterocycles. The van der Waals surface area contributed by atoms with E-state index in [9.17, 15) is 4.39 Å². The maximum Gasteiger partial charge on any atom is 0.141 e. The quantitative estimate of drug-likeness (QED) is 0.520. The summed E-state index contributed by atoms with van der Waals surface area (Å²) in [7, 11) is 1.89. The first-order chi connectivity index (χ1) is 14.1. The van der Waals surface area contributed by atoms with Crippen LogP contribution in [0.5, 0.6) is 0 Å². The average molecular weight is 388 g/mol. The highest BCUT2D eigenvalue weighted by atomic mass is 19.1.